The molecular formula is C14H17IN2O3S. The lowest BCUT2D eigenvalue weighted by Crippen LogP contribution is -2.54. The zero-order valence-corrected chi connectivity index (χ0v) is 14.4. The van der Waals surface area contributed by atoms with Crippen LogP contribution in [0.25, 0.3) is 0 Å². The first-order valence-electron chi connectivity index (χ1n) is 7.02. The third-order valence-electron chi connectivity index (χ3n) is 4.24. The summed E-state index contributed by atoms with van der Waals surface area (Å²) in [4.78, 5) is 11.8. The molecule has 2 atom stereocenters. The molecule has 7 heteroatoms. The molecule has 2 aliphatic rings. The molecular weight excluding hydrogens is 403 g/mol. The number of carbonyl (C=O) groups excluding carboxylic acids is 1. The predicted octanol–water partition coefficient (Wildman–Crippen LogP) is 1.58. The van der Waals surface area contributed by atoms with Crippen LogP contribution in [0.4, 0.5) is 0 Å². The van der Waals surface area contributed by atoms with E-state index in [0.29, 0.717) is 30.8 Å². The van der Waals surface area contributed by atoms with Crippen LogP contribution in [-0.2, 0) is 14.8 Å². The van der Waals surface area contributed by atoms with E-state index in [2.05, 4.69) is 27.9 Å². The molecule has 21 heavy (non-hydrogen) atoms. The number of carbonyl (C=O) groups is 1. The maximum atomic E-state index is 12.7. The third-order valence-corrected chi connectivity index (χ3v) is 6.84. The van der Waals surface area contributed by atoms with Gasteiger partial charge in [-0.05, 0) is 65.6 Å². The van der Waals surface area contributed by atoms with Gasteiger partial charge in [-0.25, -0.2) is 8.42 Å². The maximum absolute atomic E-state index is 12.7. The van der Waals surface area contributed by atoms with E-state index in [4.69, 9.17) is 0 Å². The second-order valence-electron chi connectivity index (χ2n) is 5.58. The van der Waals surface area contributed by atoms with Gasteiger partial charge < -0.3 is 5.32 Å². The molecule has 0 bridgehead atoms. The van der Waals surface area contributed by atoms with Crippen molar-refractivity contribution in [2.45, 2.75) is 30.2 Å². The molecule has 2 saturated heterocycles. The summed E-state index contributed by atoms with van der Waals surface area (Å²) in [7, 11) is -3.43. The number of hydrogen-bond donors (Lipinski definition) is 1. The average molecular weight is 420 g/mol. The van der Waals surface area contributed by atoms with Crippen LogP contribution in [0.2, 0.25) is 0 Å². The molecule has 0 spiro atoms. The van der Waals surface area contributed by atoms with Crippen molar-refractivity contribution in [1.82, 2.24) is 9.62 Å². The minimum absolute atomic E-state index is 0.0881. The van der Waals surface area contributed by atoms with E-state index in [0.717, 1.165) is 9.99 Å². The second kappa shape index (κ2) is 5.85. The number of benzene rings is 1. The number of amides is 1. The highest BCUT2D eigenvalue weighted by Crippen LogP contribution is 2.29. The van der Waals surface area contributed by atoms with Crippen LogP contribution in [0.1, 0.15) is 19.3 Å². The normalized spacial score (nSPS) is 27.0. The summed E-state index contributed by atoms with van der Waals surface area (Å²) in [5, 5.41) is 2.98. The van der Waals surface area contributed by atoms with Crippen molar-refractivity contribution in [3.8, 4) is 0 Å². The first-order valence-corrected chi connectivity index (χ1v) is 9.54. The number of sulfonamides is 1. The maximum Gasteiger partial charge on any atom is 0.243 e. The summed E-state index contributed by atoms with van der Waals surface area (Å²) in [6.07, 6.45) is 1.97. The number of nitrogens with zero attached hydrogens (tertiary/aromatic N) is 1. The Bertz CT molecular complexity index is 645. The number of halogens is 1. The van der Waals surface area contributed by atoms with Crippen molar-refractivity contribution < 1.29 is 13.2 Å². The third kappa shape index (κ3) is 3.09. The van der Waals surface area contributed by atoms with E-state index in [1.807, 2.05) is 0 Å². The number of piperidine rings is 2. The Labute approximate surface area is 138 Å². The van der Waals surface area contributed by atoms with Crippen molar-refractivity contribution in [3.05, 3.63) is 27.8 Å². The van der Waals surface area contributed by atoms with Crippen molar-refractivity contribution in [2.24, 2.45) is 5.92 Å². The molecule has 0 saturated carbocycles. The van der Waals surface area contributed by atoms with Gasteiger partial charge >= 0.3 is 0 Å². The van der Waals surface area contributed by atoms with E-state index >= 15 is 0 Å². The van der Waals surface area contributed by atoms with Crippen LogP contribution in [0.15, 0.2) is 29.2 Å². The van der Waals surface area contributed by atoms with Gasteiger partial charge in [-0.2, -0.15) is 4.31 Å². The number of fused-ring (bicyclic) bond motifs is 1. The van der Waals surface area contributed by atoms with Crippen LogP contribution >= 0.6 is 22.6 Å². The zero-order chi connectivity index (χ0) is 15.0. The SMILES string of the molecule is O=C1CCC2CN(S(=O)(=O)c3ccc(I)cc3)CCC2N1. The molecule has 1 aromatic carbocycles. The average Bonchev–Trinajstić information content (AvgIpc) is 2.47. The van der Waals surface area contributed by atoms with Gasteiger partial charge in [0, 0.05) is 29.1 Å². The largest absolute Gasteiger partial charge is 0.353 e. The fraction of sp³-hybridized carbons (Fsp3) is 0.500. The highest BCUT2D eigenvalue weighted by molar-refractivity contribution is 14.1. The summed E-state index contributed by atoms with van der Waals surface area (Å²) in [5.41, 5.74) is 0. The standard InChI is InChI=1S/C14H17IN2O3S/c15-11-2-4-12(5-3-11)21(19,20)17-8-7-13-10(9-17)1-6-14(18)16-13/h2-5,10,13H,1,6-9H2,(H,16,18). The summed E-state index contributed by atoms with van der Waals surface area (Å²) < 4.78 is 27.9. The van der Waals surface area contributed by atoms with Crippen molar-refractivity contribution in [2.75, 3.05) is 13.1 Å². The Balaban J connectivity index is 1.78. The van der Waals surface area contributed by atoms with E-state index in [-0.39, 0.29) is 17.9 Å². The Morgan fingerprint density at radius 2 is 1.90 bits per heavy atom. The van der Waals surface area contributed by atoms with Gasteiger partial charge in [-0.1, -0.05) is 0 Å². The monoisotopic (exact) mass is 420 g/mol. The molecule has 2 aliphatic heterocycles. The van der Waals surface area contributed by atoms with Gasteiger partial charge in [0.05, 0.1) is 4.90 Å². The summed E-state index contributed by atoms with van der Waals surface area (Å²) in [6.45, 7) is 0.967. The fourth-order valence-corrected chi connectivity index (χ4v) is 4.92. The number of nitrogens with one attached hydrogen (secondary N) is 1. The number of hydrogen-bond acceptors (Lipinski definition) is 3. The molecule has 0 aliphatic carbocycles. The van der Waals surface area contributed by atoms with Crippen molar-refractivity contribution >= 4 is 38.5 Å². The van der Waals surface area contributed by atoms with E-state index in [1.165, 1.54) is 0 Å². The van der Waals surface area contributed by atoms with Crippen LogP contribution in [0.3, 0.4) is 0 Å². The lowest BCUT2D eigenvalue weighted by molar-refractivity contribution is -0.124. The Kier molecular flexibility index (Phi) is 4.24. The Morgan fingerprint density at radius 1 is 1.19 bits per heavy atom. The highest BCUT2D eigenvalue weighted by Gasteiger charge is 2.38. The first-order chi connectivity index (χ1) is 9.96. The van der Waals surface area contributed by atoms with Gasteiger partial charge in [-0.3, -0.25) is 4.79 Å². The van der Waals surface area contributed by atoms with Gasteiger partial charge in [0.1, 0.15) is 0 Å². The molecule has 3 rings (SSSR count). The van der Waals surface area contributed by atoms with Gasteiger partial charge in [0.2, 0.25) is 15.9 Å². The van der Waals surface area contributed by atoms with Crippen LogP contribution in [0.5, 0.6) is 0 Å². The van der Waals surface area contributed by atoms with Crippen molar-refractivity contribution in [1.29, 1.82) is 0 Å². The lowest BCUT2D eigenvalue weighted by atomic mass is 9.86. The molecule has 1 aromatic rings. The Hall–Kier alpha value is -0.670. The highest BCUT2D eigenvalue weighted by atomic mass is 127. The van der Waals surface area contributed by atoms with Crippen LogP contribution < -0.4 is 5.32 Å². The fourth-order valence-electron chi connectivity index (χ4n) is 3.05. The minimum atomic E-state index is -3.43. The Morgan fingerprint density at radius 3 is 2.62 bits per heavy atom. The molecule has 2 fully saturated rings. The first kappa shape index (κ1) is 15.2. The zero-order valence-electron chi connectivity index (χ0n) is 11.5. The summed E-state index contributed by atoms with van der Waals surface area (Å²) >= 11 is 2.16. The lowest BCUT2D eigenvalue weighted by Gasteiger charge is -2.40. The molecule has 1 amide bonds. The van der Waals surface area contributed by atoms with Gasteiger partial charge in [-0.15, -0.1) is 0 Å². The van der Waals surface area contributed by atoms with Crippen LogP contribution in [0, 0.1) is 9.49 Å². The van der Waals surface area contributed by atoms with E-state index < -0.39 is 10.0 Å². The molecule has 5 nitrogen and oxygen atoms in total. The van der Waals surface area contributed by atoms with Gasteiger partial charge in [0.25, 0.3) is 0 Å². The van der Waals surface area contributed by atoms with Gasteiger partial charge in [0.15, 0.2) is 0 Å². The quantitative estimate of drug-likeness (QED) is 0.740. The summed E-state index contributed by atoms with van der Waals surface area (Å²) in [5.74, 6) is 0.320. The van der Waals surface area contributed by atoms with E-state index in [9.17, 15) is 13.2 Å². The summed E-state index contributed by atoms with van der Waals surface area (Å²) in [6, 6.07) is 7.06. The molecule has 2 unspecified atom stereocenters. The predicted molar refractivity (Wildman–Crippen MR) is 87.2 cm³/mol. The molecule has 1 N–H and O–H groups in total. The molecule has 0 radical (unpaired) electrons. The molecule has 0 aromatic heterocycles. The topological polar surface area (TPSA) is 66.5 Å². The van der Waals surface area contributed by atoms with Crippen molar-refractivity contribution in [3.63, 3.8) is 0 Å². The number of rotatable bonds is 2. The smallest absolute Gasteiger partial charge is 0.243 e. The minimum Gasteiger partial charge on any atom is -0.353 e. The second-order valence-corrected chi connectivity index (χ2v) is 8.76. The van der Waals surface area contributed by atoms with E-state index in [1.54, 1.807) is 28.6 Å². The molecule has 114 valence electrons. The van der Waals surface area contributed by atoms with Crippen LogP contribution in [-0.4, -0.2) is 37.8 Å². The molecule has 2 heterocycles.